The first-order valence-electron chi connectivity index (χ1n) is 6.16. The van der Waals surface area contributed by atoms with Crippen LogP contribution < -0.4 is 4.74 Å². The monoisotopic (exact) mass is 272 g/mol. The van der Waals surface area contributed by atoms with Gasteiger partial charge in [-0.3, -0.25) is 0 Å². The van der Waals surface area contributed by atoms with E-state index < -0.39 is 5.97 Å². The maximum atomic E-state index is 10.6. The Morgan fingerprint density at radius 2 is 2.30 bits per heavy atom. The molecule has 0 unspecified atom stereocenters. The second-order valence-electron chi connectivity index (χ2n) is 4.35. The Morgan fingerprint density at radius 3 is 2.90 bits per heavy atom. The summed E-state index contributed by atoms with van der Waals surface area (Å²) < 4.78 is 7.25. The lowest BCUT2D eigenvalue weighted by Crippen LogP contribution is -2.01. The van der Waals surface area contributed by atoms with Crippen molar-refractivity contribution < 1.29 is 14.6 Å². The summed E-state index contributed by atoms with van der Waals surface area (Å²) in [5.41, 5.74) is 1.79. The van der Waals surface area contributed by atoms with Gasteiger partial charge in [0.1, 0.15) is 11.6 Å². The highest BCUT2D eigenvalue weighted by atomic mass is 16.5. The molecule has 0 aliphatic heterocycles. The average molecular weight is 272 g/mol. The average Bonchev–Trinajstić information content (AvgIpc) is 2.82. The van der Waals surface area contributed by atoms with E-state index in [1.165, 1.54) is 6.08 Å². The van der Waals surface area contributed by atoms with Gasteiger partial charge in [-0.1, -0.05) is 6.07 Å². The van der Waals surface area contributed by atoms with Gasteiger partial charge in [0.25, 0.3) is 0 Å². The van der Waals surface area contributed by atoms with Crippen molar-refractivity contribution in [3.05, 3.63) is 53.6 Å². The molecule has 0 saturated heterocycles. The molecule has 0 aliphatic carbocycles. The predicted octanol–water partition coefficient (Wildman–Crippen LogP) is 2.35. The molecule has 1 heterocycles. The van der Waals surface area contributed by atoms with Gasteiger partial charge in [-0.2, -0.15) is 0 Å². The minimum atomic E-state index is -0.983. The van der Waals surface area contributed by atoms with Crippen molar-refractivity contribution in [2.45, 2.75) is 13.5 Å². The highest BCUT2D eigenvalue weighted by Crippen LogP contribution is 2.22. The van der Waals surface area contributed by atoms with E-state index in [2.05, 4.69) is 4.98 Å². The first-order valence-corrected chi connectivity index (χ1v) is 6.16. The standard InChI is InChI=1S/C15H16N2O3/c1-11-16-7-8-17(11)10-12-3-5-14(20-2)13(9-12)4-6-15(18)19/h3-9H,10H2,1-2H3,(H,18,19). The molecule has 5 heteroatoms. The lowest BCUT2D eigenvalue weighted by molar-refractivity contribution is -0.131. The van der Waals surface area contributed by atoms with Crippen LogP contribution in [0, 0.1) is 6.92 Å². The SMILES string of the molecule is COc1ccc(Cn2ccnc2C)cc1C=CC(=O)O. The number of aliphatic carboxylic acids is 1. The zero-order valence-corrected chi connectivity index (χ0v) is 11.4. The molecule has 0 bridgehead atoms. The molecule has 5 nitrogen and oxygen atoms in total. The van der Waals surface area contributed by atoms with Crippen molar-refractivity contribution in [2.75, 3.05) is 7.11 Å². The second-order valence-corrected chi connectivity index (χ2v) is 4.35. The molecule has 0 saturated carbocycles. The smallest absolute Gasteiger partial charge is 0.328 e. The van der Waals surface area contributed by atoms with Gasteiger partial charge in [0, 0.05) is 30.6 Å². The first-order chi connectivity index (χ1) is 9.60. The summed E-state index contributed by atoms with van der Waals surface area (Å²) in [6.45, 7) is 2.62. The van der Waals surface area contributed by atoms with Gasteiger partial charge in [0.05, 0.1) is 7.11 Å². The fourth-order valence-electron chi connectivity index (χ4n) is 1.94. The van der Waals surface area contributed by atoms with E-state index in [1.807, 2.05) is 35.9 Å². The fourth-order valence-corrected chi connectivity index (χ4v) is 1.94. The Bertz CT molecular complexity index is 644. The molecule has 104 valence electrons. The quantitative estimate of drug-likeness (QED) is 0.848. The van der Waals surface area contributed by atoms with E-state index in [1.54, 1.807) is 13.3 Å². The number of ether oxygens (including phenoxy) is 1. The number of carboxylic acid groups (broad SMARTS) is 1. The molecule has 0 aliphatic rings. The molecular formula is C15H16N2O3. The van der Waals surface area contributed by atoms with Crippen LogP contribution in [0.3, 0.4) is 0 Å². The van der Waals surface area contributed by atoms with E-state index >= 15 is 0 Å². The van der Waals surface area contributed by atoms with Crippen LogP contribution in [0.25, 0.3) is 6.08 Å². The Kier molecular flexibility index (Phi) is 4.20. The van der Waals surface area contributed by atoms with Crippen molar-refractivity contribution in [3.8, 4) is 5.75 Å². The molecule has 1 aromatic heterocycles. The zero-order chi connectivity index (χ0) is 14.5. The highest BCUT2D eigenvalue weighted by Gasteiger charge is 2.04. The number of hydrogen-bond acceptors (Lipinski definition) is 3. The van der Waals surface area contributed by atoms with E-state index in [-0.39, 0.29) is 0 Å². The summed E-state index contributed by atoms with van der Waals surface area (Å²) in [7, 11) is 1.56. The largest absolute Gasteiger partial charge is 0.496 e. The van der Waals surface area contributed by atoms with Gasteiger partial charge in [0.15, 0.2) is 0 Å². The van der Waals surface area contributed by atoms with Gasteiger partial charge >= 0.3 is 5.97 Å². The number of aromatic nitrogens is 2. The Morgan fingerprint density at radius 1 is 1.50 bits per heavy atom. The van der Waals surface area contributed by atoms with Crippen LogP contribution >= 0.6 is 0 Å². The number of hydrogen-bond donors (Lipinski definition) is 1. The van der Waals surface area contributed by atoms with Gasteiger partial charge in [0.2, 0.25) is 0 Å². The number of carboxylic acids is 1. The fraction of sp³-hybridized carbons (Fsp3) is 0.200. The Balaban J connectivity index is 2.29. The topological polar surface area (TPSA) is 64.4 Å². The van der Waals surface area contributed by atoms with Crippen molar-refractivity contribution in [3.63, 3.8) is 0 Å². The maximum absolute atomic E-state index is 10.6. The molecule has 0 spiro atoms. The van der Waals surface area contributed by atoms with Crippen LogP contribution in [0.4, 0.5) is 0 Å². The number of methoxy groups -OCH3 is 1. The number of aryl methyl sites for hydroxylation is 1. The summed E-state index contributed by atoms with van der Waals surface area (Å²) in [6.07, 6.45) is 6.30. The third-order valence-corrected chi connectivity index (χ3v) is 2.98. The Labute approximate surface area is 117 Å². The number of rotatable bonds is 5. The second kappa shape index (κ2) is 6.06. The third kappa shape index (κ3) is 3.26. The van der Waals surface area contributed by atoms with Crippen LogP contribution in [0.1, 0.15) is 17.0 Å². The van der Waals surface area contributed by atoms with Gasteiger partial charge in [-0.25, -0.2) is 9.78 Å². The van der Waals surface area contributed by atoms with Crippen LogP contribution in [0.15, 0.2) is 36.7 Å². The summed E-state index contributed by atoms with van der Waals surface area (Å²) in [4.78, 5) is 14.8. The maximum Gasteiger partial charge on any atom is 0.328 e. The van der Waals surface area contributed by atoms with Crippen molar-refractivity contribution in [1.29, 1.82) is 0 Å². The minimum Gasteiger partial charge on any atom is -0.496 e. The van der Waals surface area contributed by atoms with E-state index in [9.17, 15) is 4.79 Å². The van der Waals surface area contributed by atoms with Crippen LogP contribution in [0.2, 0.25) is 0 Å². The normalized spacial score (nSPS) is 10.9. The number of carbonyl (C=O) groups is 1. The molecule has 0 fully saturated rings. The van der Waals surface area contributed by atoms with E-state index in [0.29, 0.717) is 12.3 Å². The molecule has 0 amide bonds. The zero-order valence-electron chi connectivity index (χ0n) is 11.4. The molecule has 0 radical (unpaired) electrons. The van der Waals surface area contributed by atoms with Crippen molar-refractivity contribution in [2.24, 2.45) is 0 Å². The minimum absolute atomic E-state index is 0.647. The van der Waals surface area contributed by atoms with Crippen LogP contribution in [-0.2, 0) is 11.3 Å². The molecular weight excluding hydrogens is 256 g/mol. The lowest BCUT2D eigenvalue weighted by atomic mass is 10.1. The third-order valence-electron chi connectivity index (χ3n) is 2.98. The van der Waals surface area contributed by atoms with E-state index in [4.69, 9.17) is 9.84 Å². The highest BCUT2D eigenvalue weighted by molar-refractivity contribution is 5.86. The molecule has 1 aromatic carbocycles. The predicted molar refractivity (Wildman–Crippen MR) is 75.7 cm³/mol. The molecule has 0 atom stereocenters. The number of nitrogens with zero attached hydrogens (tertiary/aromatic N) is 2. The molecule has 1 N–H and O–H groups in total. The molecule has 2 rings (SSSR count). The van der Waals surface area contributed by atoms with Gasteiger partial charge < -0.3 is 14.4 Å². The van der Waals surface area contributed by atoms with Gasteiger partial charge in [-0.05, 0) is 30.7 Å². The first kappa shape index (κ1) is 13.9. The molecule has 20 heavy (non-hydrogen) atoms. The molecule has 2 aromatic rings. The summed E-state index contributed by atoms with van der Waals surface area (Å²) in [5.74, 6) is 0.597. The Hall–Kier alpha value is -2.56. The summed E-state index contributed by atoms with van der Waals surface area (Å²) in [5, 5.41) is 8.71. The number of benzene rings is 1. The van der Waals surface area contributed by atoms with Crippen LogP contribution in [-0.4, -0.2) is 27.7 Å². The van der Waals surface area contributed by atoms with Gasteiger partial charge in [-0.15, -0.1) is 0 Å². The lowest BCUT2D eigenvalue weighted by Gasteiger charge is -2.09. The summed E-state index contributed by atoms with van der Waals surface area (Å²) >= 11 is 0. The number of imidazole rings is 1. The van der Waals surface area contributed by atoms with Crippen LogP contribution in [0.5, 0.6) is 5.75 Å². The van der Waals surface area contributed by atoms with Crippen molar-refractivity contribution >= 4 is 12.0 Å². The van der Waals surface area contributed by atoms with Crippen molar-refractivity contribution in [1.82, 2.24) is 9.55 Å². The summed E-state index contributed by atoms with van der Waals surface area (Å²) in [6, 6.07) is 5.71. The van der Waals surface area contributed by atoms with E-state index in [0.717, 1.165) is 23.0 Å².